The van der Waals surface area contributed by atoms with E-state index in [9.17, 15) is 18.0 Å². The molecule has 0 radical (unpaired) electrons. The highest BCUT2D eigenvalue weighted by atomic mass is 19.3. The van der Waals surface area contributed by atoms with Gasteiger partial charge in [-0.05, 0) is 42.8 Å². The topological polar surface area (TPSA) is 70.6 Å². The molecule has 30 heavy (non-hydrogen) atoms. The van der Waals surface area contributed by atoms with Gasteiger partial charge >= 0.3 is 5.97 Å². The van der Waals surface area contributed by atoms with Crippen molar-refractivity contribution in [3.63, 3.8) is 0 Å². The van der Waals surface area contributed by atoms with Crippen molar-refractivity contribution in [1.82, 2.24) is 9.61 Å². The van der Waals surface area contributed by atoms with Gasteiger partial charge in [0.25, 0.3) is 5.92 Å². The summed E-state index contributed by atoms with van der Waals surface area (Å²) in [5, 5.41) is 13.2. The van der Waals surface area contributed by atoms with Gasteiger partial charge in [0.2, 0.25) is 0 Å². The Kier molecular flexibility index (Phi) is 4.86. The van der Waals surface area contributed by atoms with Gasteiger partial charge in [0.05, 0.1) is 42.5 Å². The number of benzene rings is 1. The summed E-state index contributed by atoms with van der Waals surface area (Å²) in [6.07, 6.45) is 2.41. The summed E-state index contributed by atoms with van der Waals surface area (Å²) < 4.78 is 49.2. The molecule has 1 aromatic carbocycles. The number of aromatic nitrogens is 2. The second kappa shape index (κ2) is 7.37. The lowest BCUT2D eigenvalue weighted by Crippen LogP contribution is -2.26. The molecule has 1 aliphatic rings. The Morgan fingerprint density at radius 2 is 2.17 bits per heavy atom. The summed E-state index contributed by atoms with van der Waals surface area (Å²) >= 11 is 0. The lowest BCUT2D eigenvalue weighted by Gasteiger charge is -2.26. The van der Waals surface area contributed by atoms with Crippen LogP contribution >= 0.6 is 0 Å². The van der Waals surface area contributed by atoms with Gasteiger partial charge in [-0.15, -0.1) is 0 Å². The number of carbonyl (C=O) groups excluding carboxylic acids is 1. The maximum Gasteiger partial charge on any atom is 0.341 e. The molecule has 9 heteroatoms. The van der Waals surface area contributed by atoms with Gasteiger partial charge < -0.3 is 9.64 Å². The number of halogens is 3. The molecule has 0 N–H and O–H groups in total. The number of esters is 1. The van der Waals surface area contributed by atoms with E-state index in [-0.39, 0.29) is 17.7 Å². The third-order valence-corrected chi connectivity index (χ3v) is 5.04. The van der Waals surface area contributed by atoms with E-state index < -0.39 is 36.7 Å². The SMILES string of the molecule is CCOC(=O)c1cnn2ccc(N3CC(F)(F)CC3c3cc(F)cc(C#N)c3)cc12. The summed E-state index contributed by atoms with van der Waals surface area (Å²) in [5.74, 6) is -4.22. The number of alkyl halides is 2. The molecule has 4 rings (SSSR count). The van der Waals surface area contributed by atoms with Crippen molar-refractivity contribution in [3.8, 4) is 6.07 Å². The standard InChI is InChI=1S/C21H17F3N4O2/c1-2-30-20(29)17-11-26-28-4-3-16(8-18(17)28)27-12-21(23,24)9-19(27)14-5-13(10-25)6-15(22)7-14/h3-8,11,19H,2,9,12H2,1H3. The van der Waals surface area contributed by atoms with E-state index in [1.165, 1.54) is 27.7 Å². The number of carbonyl (C=O) groups is 1. The van der Waals surface area contributed by atoms with Crippen LogP contribution in [0.15, 0.2) is 42.7 Å². The predicted molar refractivity (Wildman–Crippen MR) is 102 cm³/mol. The molecule has 0 saturated carbocycles. The fourth-order valence-corrected chi connectivity index (χ4v) is 3.77. The van der Waals surface area contributed by atoms with Gasteiger partial charge in [0.15, 0.2) is 0 Å². The molecule has 0 bridgehead atoms. The Morgan fingerprint density at radius 3 is 2.90 bits per heavy atom. The first-order valence-electron chi connectivity index (χ1n) is 9.31. The van der Waals surface area contributed by atoms with Crippen LogP contribution < -0.4 is 4.90 Å². The minimum absolute atomic E-state index is 0.0657. The molecule has 3 heterocycles. The highest BCUT2D eigenvalue weighted by Crippen LogP contribution is 2.44. The zero-order valence-corrected chi connectivity index (χ0v) is 16.0. The van der Waals surface area contributed by atoms with Crippen LogP contribution in [0.2, 0.25) is 0 Å². The lowest BCUT2D eigenvalue weighted by molar-refractivity contribution is 0.0222. The third-order valence-electron chi connectivity index (χ3n) is 5.04. The summed E-state index contributed by atoms with van der Waals surface area (Å²) in [7, 11) is 0. The van der Waals surface area contributed by atoms with Crippen molar-refractivity contribution < 1.29 is 22.7 Å². The van der Waals surface area contributed by atoms with Crippen LogP contribution in [0.3, 0.4) is 0 Å². The normalized spacial score (nSPS) is 17.8. The second-order valence-electron chi connectivity index (χ2n) is 7.08. The third kappa shape index (κ3) is 3.56. The fourth-order valence-electron chi connectivity index (χ4n) is 3.77. The van der Waals surface area contributed by atoms with E-state index in [2.05, 4.69) is 5.10 Å². The first-order chi connectivity index (χ1) is 14.3. The highest BCUT2D eigenvalue weighted by Gasteiger charge is 2.46. The Labute approximate surface area is 170 Å². The molecule has 3 aromatic rings. The van der Waals surface area contributed by atoms with Crippen LogP contribution in [-0.2, 0) is 4.74 Å². The number of pyridine rings is 1. The first-order valence-corrected chi connectivity index (χ1v) is 9.31. The Hall–Kier alpha value is -3.54. The van der Waals surface area contributed by atoms with Crippen molar-refractivity contribution in [1.29, 1.82) is 5.26 Å². The molecule has 1 unspecified atom stereocenters. The summed E-state index contributed by atoms with van der Waals surface area (Å²) in [6.45, 7) is 1.30. The number of hydrogen-bond donors (Lipinski definition) is 0. The van der Waals surface area contributed by atoms with E-state index in [1.54, 1.807) is 25.3 Å². The number of fused-ring (bicyclic) bond motifs is 1. The highest BCUT2D eigenvalue weighted by molar-refractivity contribution is 5.97. The van der Waals surface area contributed by atoms with E-state index >= 15 is 0 Å². The molecule has 0 spiro atoms. The van der Waals surface area contributed by atoms with Crippen molar-refractivity contribution in [2.75, 3.05) is 18.1 Å². The monoisotopic (exact) mass is 414 g/mol. The van der Waals surface area contributed by atoms with Crippen molar-refractivity contribution in [2.45, 2.75) is 25.3 Å². The van der Waals surface area contributed by atoms with Crippen LogP contribution in [0.25, 0.3) is 5.52 Å². The molecule has 0 aliphatic carbocycles. The van der Waals surface area contributed by atoms with Crippen molar-refractivity contribution in [3.05, 3.63) is 65.2 Å². The average Bonchev–Trinajstić information content (AvgIpc) is 3.27. The van der Waals surface area contributed by atoms with E-state index in [0.29, 0.717) is 16.8 Å². The van der Waals surface area contributed by atoms with E-state index in [4.69, 9.17) is 10.00 Å². The maximum absolute atomic E-state index is 14.4. The number of nitriles is 1. The second-order valence-corrected chi connectivity index (χ2v) is 7.08. The average molecular weight is 414 g/mol. The van der Waals surface area contributed by atoms with Gasteiger partial charge in [-0.1, -0.05) is 0 Å². The Bertz CT molecular complexity index is 1170. The van der Waals surface area contributed by atoms with Crippen LogP contribution in [-0.4, -0.2) is 34.7 Å². The fraction of sp³-hybridized carbons (Fsp3) is 0.286. The van der Waals surface area contributed by atoms with Gasteiger partial charge in [-0.25, -0.2) is 22.5 Å². The van der Waals surface area contributed by atoms with Gasteiger partial charge in [-0.3, -0.25) is 0 Å². The molecular weight excluding hydrogens is 397 g/mol. The number of rotatable bonds is 4. The van der Waals surface area contributed by atoms with Gasteiger partial charge in [-0.2, -0.15) is 10.4 Å². The molecular formula is C21H17F3N4O2. The molecule has 0 amide bonds. The Balaban J connectivity index is 1.78. The first kappa shape index (κ1) is 19.8. The molecule has 1 aliphatic heterocycles. The number of ether oxygens (including phenoxy) is 1. The molecule has 2 aromatic heterocycles. The largest absolute Gasteiger partial charge is 0.462 e. The van der Waals surface area contributed by atoms with Crippen molar-refractivity contribution >= 4 is 17.2 Å². The van der Waals surface area contributed by atoms with Gasteiger partial charge in [0, 0.05) is 18.3 Å². The molecule has 154 valence electrons. The van der Waals surface area contributed by atoms with E-state index in [1.807, 2.05) is 6.07 Å². The van der Waals surface area contributed by atoms with Crippen LogP contribution in [0.5, 0.6) is 0 Å². The smallest absolute Gasteiger partial charge is 0.341 e. The number of nitrogens with zero attached hydrogens (tertiary/aromatic N) is 4. The zero-order chi connectivity index (χ0) is 21.5. The maximum atomic E-state index is 14.4. The van der Waals surface area contributed by atoms with Crippen LogP contribution in [0.4, 0.5) is 18.9 Å². The minimum atomic E-state index is -3.00. The predicted octanol–water partition coefficient (Wildman–Crippen LogP) is 4.11. The van der Waals surface area contributed by atoms with E-state index in [0.717, 1.165) is 6.07 Å². The zero-order valence-electron chi connectivity index (χ0n) is 16.0. The minimum Gasteiger partial charge on any atom is -0.462 e. The lowest BCUT2D eigenvalue weighted by atomic mass is 10.0. The van der Waals surface area contributed by atoms with Crippen molar-refractivity contribution in [2.24, 2.45) is 0 Å². The Morgan fingerprint density at radius 1 is 1.37 bits per heavy atom. The molecule has 1 saturated heterocycles. The quantitative estimate of drug-likeness (QED) is 0.601. The number of hydrogen-bond acceptors (Lipinski definition) is 5. The molecule has 1 fully saturated rings. The number of anilines is 1. The summed E-state index contributed by atoms with van der Waals surface area (Å²) in [4.78, 5) is 13.6. The van der Waals surface area contributed by atoms with Crippen LogP contribution in [0, 0.1) is 17.1 Å². The van der Waals surface area contributed by atoms with Crippen LogP contribution in [0.1, 0.15) is 40.9 Å². The summed E-state index contributed by atoms with van der Waals surface area (Å²) in [5.41, 5.74) is 1.42. The molecule has 6 nitrogen and oxygen atoms in total. The van der Waals surface area contributed by atoms with Gasteiger partial charge in [0.1, 0.15) is 11.4 Å². The summed E-state index contributed by atoms with van der Waals surface area (Å²) in [6, 6.07) is 7.85. The molecule has 1 atom stereocenters.